The number of rotatable bonds is 5. The Labute approximate surface area is 99.9 Å². The summed E-state index contributed by atoms with van der Waals surface area (Å²) in [5.41, 5.74) is -0.293. The summed E-state index contributed by atoms with van der Waals surface area (Å²) in [5.74, 6) is -2.76. The van der Waals surface area contributed by atoms with E-state index in [-0.39, 0.29) is 18.8 Å². The third-order valence-corrected chi connectivity index (χ3v) is 1.72. The van der Waals surface area contributed by atoms with E-state index in [1.54, 1.807) is 0 Å². The van der Waals surface area contributed by atoms with Gasteiger partial charge < -0.3 is 4.74 Å². The lowest BCUT2D eigenvalue weighted by atomic mass is 10.1. The Morgan fingerprint density at radius 3 is 2.65 bits per heavy atom. The van der Waals surface area contributed by atoms with Gasteiger partial charge in [-0.05, 0) is 12.1 Å². The van der Waals surface area contributed by atoms with Crippen molar-refractivity contribution in [1.82, 2.24) is 0 Å². The number of carbonyl (C=O) groups excluding carboxylic acids is 1. The molecular weight excluding hydrogens is 226 g/mol. The first-order valence-corrected chi connectivity index (χ1v) is 5.32. The number of halogens is 2. The van der Waals surface area contributed by atoms with Gasteiger partial charge in [0.1, 0.15) is 6.61 Å². The van der Waals surface area contributed by atoms with Crippen molar-refractivity contribution in [3.05, 3.63) is 48.1 Å². The van der Waals surface area contributed by atoms with Crippen LogP contribution < -0.4 is 0 Å². The summed E-state index contributed by atoms with van der Waals surface area (Å²) in [6.45, 7) is 7.30. The molecule has 0 amide bonds. The van der Waals surface area contributed by atoms with Crippen LogP contribution in [0.2, 0.25) is 0 Å². The predicted molar refractivity (Wildman–Crippen MR) is 63.1 cm³/mol. The predicted octanol–water partition coefficient (Wildman–Crippen LogP) is 3.38. The third-order valence-electron chi connectivity index (χ3n) is 1.72. The molecule has 94 valence electrons. The summed E-state index contributed by atoms with van der Waals surface area (Å²) in [6, 6.07) is 3.45. The average molecular weight is 242 g/mol. The second-order valence-corrected chi connectivity index (χ2v) is 2.83. The lowest BCUT2D eigenvalue weighted by Gasteiger charge is -2.02. The largest absolute Gasteiger partial charge is 0.369 e. The SMILES string of the molecule is C=CCOCC(=O)c1cccc(F)c1F.CC. The number of hydrogen-bond acceptors (Lipinski definition) is 2. The second-order valence-electron chi connectivity index (χ2n) is 2.83. The van der Waals surface area contributed by atoms with Gasteiger partial charge in [0.25, 0.3) is 0 Å². The van der Waals surface area contributed by atoms with Crippen molar-refractivity contribution >= 4 is 5.78 Å². The number of ether oxygens (including phenoxy) is 1. The van der Waals surface area contributed by atoms with Crippen molar-refractivity contribution in [1.29, 1.82) is 0 Å². The van der Waals surface area contributed by atoms with E-state index in [1.165, 1.54) is 18.2 Å². The summed E-state index contributed by atoms with van der Waals surface area (Å²) in [5, 5.41) is 0. The number of benzene rings is 1. The second kappa shape index (κ2) is 8.58. The fourth-order valence-electron chi connectivity index (χ4n) is 1.03. The van der Waals surface area contributed by atoms with Gasteiger partial charge in [-0.25, -0.2) is 8.78 Å². The Morgan fingerprint density at radius 1 is 1.41 bits per heavy atom. The van der Waals surface area contributed by atoms with Crippen LogP contribution in [-0.4, -0.2) is 19.0 Å². The molecule has 0 heterocycles. The van der Waals surface area contributed by atoms with Gasteiger partial charge in [0.2, 0.25) is 0 Å². The smallest absolute Gasteiger partial charge is 0.191 e. The molecule has 0 aliphatic carbocycles. The molecule has 0 unspecified atom stereocenters. The van der Waals surface area contributed by atoms with Gasteiger partial charge in [0.15, 0.2) is 17.4 Å². The fraction of sp³-hybridized carbons (Fsp3) is 0.308. The zero-order valence-corrected chi connectivity index (χ0v) is 10.0. The van der Waals surface area contributed by atoms with Gasteiger partial charge in [-0.1, -0.05) is 26.0 Å². The first-order chi connectivity index (χ1) is 8.16. The monoisotopic (exact) mass is 242 g/mol. The highest BCUT2D eigenvalue weighted by Crippen LogP contribution is 2.11. The highest BCUT2D eigenvalue weighted by atomic mass is 19.2. The molecule has 0 radical (unpaired) electrons. The van der Waals surface area contributed by atoms with E-state index in [9.17, 15) is 13.6 Å². The maximum absolute atomic E-state index is 13.1. The molecule has 0 atom stereocenters. The van der Waals surface area contributed by atoms with Gasteiger partial charge in [0.05, 0.1) is 12.2 Å². The lowest BCUT2D eigenvalue weighted by Crippen LogP contribution is -2.11. The highest BCUT2D eigenvalue weighted by Gasteiger charge is 2.14. The summed E-state index contributed by atoms with van der Waals surface area (Å²) < 4.78 is 30.7. The molecule has 2 nitrogen and oxygen atoms in total. The number of carbonyl (C=O) groups is 1. The van der Waals surface area contributed by atoms with Gasteiger partial charge in [0, 0.05) is 0 Å². The van der Waals surface area contributed by atoms with Gasteiger partial charge in [-0.15, -0.1) is 6.58 Å². The summed E-state index contributed by atoms with van der Waals surface area (Å²) in [4.78, 5) is 11.3. The van der Waals surface area contributed by atoms with Crippen molar-refractivity contribution < 1.29 is 18.3 Å². The zero-order valence-electron chi connectivity index (χ0n) is 10.0. The van der Waals surface area contributed by atoms with Crippen LogP contribution in [0.1, 0.15) is 24.2 Å². The standard InChI is InChI=1S/C11H10F2O2.C2H6/c1-2-6-15-7-10(14)8-4-3-5-9(12)11(8)13;1-2/h2-5H,1,6-7H2;1-2H3. The molecule has 4 heteroatoms. The van der Waals surface area contributed by atoms with Crippen molar-refractivity contribution in [3.63, 3.8) is 0 Å². The number of hydrogen-bond donors (Lipinski definition) is 0. The van der Waals surface area contributed by atoms with Gasteiger partial charge in [-0.2, -0.15) is 0 Å². The van der Waals surface area contributed by atoms with E-state index in [1.807, 2.05) is 13.8 Å². The van der Waals surface area contributed by atoms with Crippen LogP contribution in [0.15, 0.2) is 30.9 Å². The molecule has 1 aromatic rings. The molecule has 0 saturated heterocycles. The molecule has 0 aliphatic rings. The average Bonchev–Trinajstić information content (AvgIpc) is 2.35. The summed E-state index contributed by atoms with van der Waals surface area (Å²) >= 11 is 0. The minimum absolute atomic E-state index is 0.197. The molecule has 1 aromatic carbocycles. The van der Waals surface area contributed by atoms with Gasteiger partial charge >= 0.3 is 0 Å². The van der Waals surface area contributed by atoms with Crippen molar-refractivity contribution in [2.75, 3.05) is 13.2 Å². The van der Waals surface area contributed by atoms with Gasteiger partial charge in [-0.3, -0.25) is 4.79 Å². The van der Waals surface area contributed by atoms with E-state index < -0.39 is 17.4 Å². The minimum atomic E-state index is -1.13. The Bertz CT molecular complexity index is 376. The topological polar surface area (TPSA) is 26.3 Å². The molecule has 0 spiro atoms. The van der Waals surface area contributed by atoms with Crippen LogP contribution >= 0.6 is 0 Å². The van der Waals surface area contributed by atoms with Crippen LogP contribution in [0.4, 0.5) is 8.78 Å². The highest BCUT2D eigenvalue weighted by molar-refractivity contribution is 5.97. The van der Waals surface area contributed by atoms with E-state index in [2.05, 4.69) is 6.58 Å². The van der Waals surface area contributed by atoms with Crippen LogP contribution in [-0.2, 0) is 4.74 Å². The quantitative estimate of drug-likeness (QED) is 0.449. The van der Waals surface area contributed by atoms with Crippen LogP contribution in [0.5, 0.6) is 0 Å². The summed E-state index contributed by atoms with van der Waals surface area (Å²) in [6.07, 6.45) is 1.47. The Balaban J connectivity index is 0.00000121. The van der Waals surface area contributed by atoms with Crippen molar-refractivity contribution in [2.24, 2.45) is 0 Å². The van der Waals surface area contributed by atoms with E-state index in [0.717, 1.165) is 6.07 Å². The third kappa shape index (κ3) is 4.87. The van der Waals surface area contributed by atoms with E-state index in [0.29, 0.717) is 0 Å². The Morgan fingerprint density at radius 2 is 2.06 bits per heavy atom. The molecular formula is C13H16F2O2. The minimum Gasteiger partial charge on any atom is -0.369 e. The molecule has 0 fully saturated rings. The van der Waals surface area contributed by atoms with Crippen molar-refractivity contribution in [2.45, 2.75) is 13.8 Å². The zero-order chi connectivity index (χ0) is 13.3. The van der Waals surface area contributed by atoms with Crippen molar-refractivity contribution in [3.8, 4) is 0 Å². The Kier molecular flexibility index (Phi) is 7.80. The number of ketones is 1. The first kappa shape index (κ1) is 15.4. The Hall–Kier alpha value is -1.55. The van der Waals surface area contributed by atoms with Crippen LogP contribution in [0.3, 0.4) is 0 Å². The molecule has 0 saturated carbocycles. The first-order valence-electron chi connectivity index (χ1n) is 5.32. The normalized spacial score (nSPS) is 9.18. The molecule has 1 rings (SSSR count). The molecule has 0 aliphatic heterocycles. The van der Waals surface area contributed by atoms with E-state index in [4.69, 9.17) is 4.74 Å². The maximum Gasteiger partial charge on any atom is 0.191 e. The molecule has 0 N–H and O–H groups in total. The molecule has 0 aromatic heterocycles. The fourth-order valence-corrected chi connectivity index (χ4v) is 1.03. The lowest BCUT2D eigenvalue weighted by molar-refractivity contribution is 0.0801. The van der Waals surface area contributed by atoms with E-state index >= 15 is 0 Å². The maximum atomic E-state index is 13.1. The number of Topliss-reactive ketones (excluding diaryl/α,β-unsaturated/α-hetero) is 1. The molecule has 0 bridgehead atoms. The van der Waals surface area contributed by atoms with Crippen LogP contribution in [0.25, 0.3) is 0 Å². The summed E-state index contributed by atoms with van der Waals surface area (Å²) in [7, 11) is 0. The molecule has 17 heavy (non-hydrogen) atoms. The van der Waals surface area contributed by atoms with Crippen LogP contribution in [0, 0.1) is 11.6 Å².